The molecule has 1 amide bonds. The Balaban J connectivity index is 4.07. The third kappa shape index (κ3) is 5.35. The minimum absolute atomic E-state index is 0.107. The zero-order valence-electron chi connectivity index (χ0n) is 9.40. The molecule has 0 aliphatic rings. The van der Waals surface area contributed by atoms with E-state index >= 15 is 0 Å². The van der Waals surface area contributed by atoms with Crippen LogP contribution in [0.5, 0.6) is 0 Å². The largest absolute Gasteiger partial charge is 0.385 e. The van der Waals surface area contributed by atoms with Crippen LogP contribution in [0, 0.1) is 11.3 Å². The van der Waals surface area contributed by atoms with Gasteiger partial charge in [0.2, 0.25) is 5.91 Å². The van der Waals surface area contributed by atoms with Crippen molar-refractivity contribution in [1.29, 1.82) is 5.26 Å². The van der Waals surface area contributed by atoms with E-state index < -0.39 is 6.04 Å². The average Bonchev–Trinajstić information content (AvgIpc) is 2.26. The van der Waals surface area contributed by atoms with Crippen molar-refractivity contribution in [1.82, 2.24) is 4.90 Å². The van der Waals surface area contributed by atoms with Gasteiger partial charge in [0.15, 0.2) is 0 Å². The summed E-state index contributed by atoms with van der Waals surface area (Å²) in [4.78, 5) is 13.3. The maximum Gasteiger partial charge on any atom is 0.239 e. The molecule has 0 aliphatic carbocycles. The van der Waals surface area contributed by atoms with Gasteiger partial charge in [0, 0.05) is 26.8 Å². The van der Waals surface area contributed by atoms with Gasteiger partial charge in [-0.05, 0) is 13.3 Å². The minimum atomic E-state index is -0.524. The van der Waals surface area contributed by atoms with Crippen LogP contribution in [-0.4, -0.2) is 43.7 Å². The molecule has 0 aliphatic heterocycles. The van der Waals surface area contributed by atoms with Gasteiger partial charge < -0.3 is 15.4 Å². The van der Waals surface area contributed by atoms with Gasteiger partial charge in [-0.25, -0.2) is 0 Å². The molecule has 15 heavy (non-hydrogen) atoms. The summed E-state index contributed by atoms with van der Waals surface area (Å²) in [5.41, 5.74) is 5.70. The van der Waals surface area contributed by atoms with Crippen LogP contribution < -0.4 is 5.73 Å². The van der Waals surface area contributed by atoms with Crippen molar-refractivity contribution >= 4 is 5.91 Å². The van der Waals surface area contributed by atoms with E-state index in [4.69, 9.17) is 15.7 Å². The quantitative estimate of drug-likeness (QED) is 0.651. The Morgan fingerprint density at radius 2 is 2.33 bits per heavy atom. The number of methoxy groups -OCH3 is 1. The van der Waals surface area contributed by atoms with Crippen LogP contribution in [0.2, 0.25) is 0 Å². The normalized spacial score (nSPS) is 11.9. The van der Waals surface area contributed by atoms with Crippen molar-refractivity contribution in [3.8, 4) is 6.07 Å². The lowest BCUT2D eigenvalue weighted by Crippen LogP contribution is -2.44. The Morgan fingerprint density at radius 1 is 1.67 bits per heavy atom. The number of amides is 1. The molecule has 86 valence electrons. The van der Waals surface area contributed by atoms with E-state index in [1.54, 1.807) is 12.0 Å². The van der Waals surface area contributed by atoms with E-state index in [1.807, 2.05) is 13.0 Å². The first-order chi connectivity index (χ1) is 7.17. The predicted octanol–water partition coefficient (Wildman–Crippen LogP) is 0.112. The molecular formula is C10H19N3O2. The zero-order valence-corrected chi connectivity index (χ0v) is 9.40. The van der Waals surface area contributed by atoms with Gasteiger partial charge in [-0.1, -0.05) is 0 Å². The number of nitrogens with two attached hydrogens (primary N) is 1. The van der Waals surface area contributed by atoms with Crippen LogP contribution in [0.3, 0.4) is 0 Å². The fraction of sp³-hybridized carbons (Fsp3) is 0.800. The predicted molar refractivity (Wildman–Crippen MR) is 57.0 cm³/mol. The lowest BCUT2D eigenvalue weighted by atomic mass is 10.2. The van der Waals surface area contributed by atoms with Crippen LogP contribution in [0.4, 0.5) is 0 Å². The number of hydrogen-bond acceptors (Lipinski definition) is 4. The minimum Gasteiger partial charge on any atom is -0.385 e. The molecule has 0 saturated carbocycles. The highest BCUT2D eigenvalue weighted by atomic mass is 16.5. The van der Waals surface area contributed by atoms with Crippen LogP contribution in [-0.2, 0) is 9.53 Å². The highest BCUT2D eigenvalue weighted by molar-refractivity contribution is 5.81. The zero-order chi connectivity index (χ0) is 11.7. The van der Waals surface area contributed by atoms with Crippen LogP contribution in [0.15, 0.2) is 0 Å². The van der Waals surface area contributed by atoms with Crippen molar-refractivity contribution in [2.45, 2.75) is 25.8 Å². The summed E-state index contributed by atoms with van der Waals surface area (Å²) in [6.07, 6.45) is 0.856. The molecule has 0 saturated heterocycles. The van der Waals surface area contributed by atoms with Gasteiger partial charge in [0.05, 0.1) is 18.5 Å². The van der Waals surface area contributed by atoms with Crippen LogP contribution >= 0.6 is 0 Å². The monoisotopic (exact) mass is 213 g/mol. The van der Waals surface area contributed by atoms with Crippen molar-refractivity contribution < 1.29 is 9.53 Å². The van der Waals surface area contributed by atoms with Crippen LogP contribution in [0.25, 0.3) is 0 Å². The number of likely N-dealkylation sites (N-methyl/N-ethyl adjacent to an activating group) is 1. The molecular weight excluding hydrogens is 194 g/mol. The van der Waals surface area contributed by atoms with E-state index in [1.165, 1.54) is 0 Å². The van der Waals surface area contributed by atoms with E-state index in [2.05, 4.69) is 0 Å². The molecule has 5 heteroatoms. The molecule has 0 radical (unpaired) electrons. The Kier molecular flexibility index (Phi) is 7.60. The Morgan fingerprint density at radius 3 is 2.80 bits per heavy atom. The summed E-state index contributed by atoms with van der Waals surface area (Å²) in [5.74, 6) is -0.107. The molecule has 0 heterocycles. The molecule has 2 N–H and O–H groups in total. The Labute approximate surface area is 90.8 Å². The number of rotatable bonds is 7. The molecule has 0 aromatic heterocycles. The average molecular weight is 213 g/mol. The van der Waals surface area contributed by atoms with Crippen molar-refractivity contribution in [2.75, 3.05) is 26.8 Å². The molecule has 0 bridgehead atoms. The van der Waals surface area contributed by atoms with Gasteiger partial charge in [-0.15, -0.1) is 0 Å². The van der Waals surface area contributed by atoms with Gasteiger partial charge in [-0.3, -0.25) is 4.79 Å². The maximum atomic E-state index is 11.7. The lowest BCUT2D eigenvalue weighted by Gasteiger charge is -2.23. The first-order valence-corrected chi connectivity index (χ1v) is 5.07. The summed E-state index contributed by atoms with van der Waals surface area (Å²) in [7, 11) is 1.57. The smallest absolute Gasteiger partial charge is 0.239 e. The second-order valence-corrected chi connectivity index (χ2v) is 3.21. The van der Waals surface area contributed by atoms with Gasteiger partial charge in [-0.2, -0.15) is 5.26 Å². The highest BCUT2D eigenvalue weighted by Gasteiger charge is 2.18. The van der Waals surface area contributed by atoms with Gasteiger partial charge in [0.25, 0.3) is 0 Å². The third-order valence-corrected chi connectivity index (χ3v) is 2.14. The third-order valence-electron chi connectivity index (χ3n) is 2.14. The molecule has 0 spiro atoms. The topological polar surface area (TPSA) is 79.4 Å². The molecule has 0 aromatic rings. The molecule has 0 rings (SSSR count). The lowest BCUT2D eigenvalue weighted by molar-refractivity contribution is -0.132. The fourth-order valence-electron chi connectivity index (χ4n) is 1.21. The van der Waals surface area contributed by atoms with Crippen molar-refractivity contribution in [3.63, 3.8) is 0 Å². The summed E-state index contributed by atoms with van der Waals surface area (Å²) in [6, 6.07) is 1.49. The second-order valence-electron chi connectivity index (χ2n) is 3.21. The number of carbonyl (C=O) groups is 1. The maximum absolute atomic E-state index is 11.7. The number of hydrogen-bond donors (Lipinski definition) is 1. The van der Waals surface area contributed by atoms with Crippen molar-refractivity contribution in [3.05, 3.63) is 0 Å². The molecule has 1 unspecified atom stereocenters. The Bertz CT molecular complexity index is 225. The standard InChI is InChI=1S/C10H19N3O2/c1-3-13(7-4-6-11)10(14)9(12)5-8-15-2/h9H,3-5,7-8,12H2,1-2H3. The summed E-state index contributed by atoms with van der Waals surface area (Å²) >= 11 is 0. The second kappa shape index (κ2) is 8.21. The summed E-state index contributed by atoms with van der Waals surface area (Å²) in [6.45, 7) is 3.38. The summed E-state index contributed by atoms with van der Waals surface area (Å²) < 4.78 is 4.85. The number of carbonyl (C=O) groups excluding carboxylic acids is 1. The first-order valence-electron chi connectivity index (χ1n) is 5.07. The Hall–Kier alpha value is -1.12. The number of ether oxygens (including phenoxy) is 1. The van der Waals surface area contributed by atoms with E-state index in [0.717, 1.165) is 0 Å². The molecule has 0 aromatic carbocycles. The van der Waals surface area contributed by atoms with Gasteiger partial charge in [0.1, 0.15) is 0 Å². The SMILES string of the molecule is CCN(CCC#N)C(=O)C(N)CCOC. The van der Waals surface area contributed by atoms with Crippen LogP contribution in [0.1, 0.15) is 19.8 Å². The fourth-order valence-corrected chi connectivity index (χ4v) is 1.21. The molecule has 1 atom stereocenters. The first kappa shape index (κ1) is 13.9. The van der Waals surface area contributed by atoms with E-state index in [-0.39, 0.29) is 5.91 Å². The van der Waals surface area contributed by atoms with Gasteiger partial charge >= 0.3 is 0 Å². The van der Waals surface area contributed by atoms with Crippen molar-refractivity contribution in [2.24, 2.45) is 5.73 Å². The summed E-state index contributed by atoms with van der Waals surface area (Å²) in [5, 5.41) is 8.43. The number of nitriles is 1. The number of nitrogens with zero attached hydrogens (tertiary/aromatic N) is 2. The van der Waals surface area contributed by atoms with E-state index in [9.17, 15) is 4.79 Å². The van der Waals surface area contributed by atoms with E-state index in [0.29, 0.717) is 32.5 Å². The molecule has 0 fully saturated rings. The molecule has 5 nitrogen and oxygen atoms in total. The highest BCUT2D eigenvalue weighted by Crippen LogP contribution is 1.99.